The van der Waals surface area contributed by atoms with Crippen molar-refractivity contribution >= 4 is 16.5 Å². The molecule has 0 amide bonds. The zero-order valence-corrected chi connectivity index (χ0v) is 14.5. The van der Waals surface area contributed by atoms with Crippen molar-refractivity contribution in [1.29, 1.82) is 0 Å². The maximum absolute atomic E-state index is 4.70. The first-order valence-corrected chi connectivity index (χ1v) is 7.72. The van der Waals surface area contributed by atoms with Crippen LogP contribution in [-0.2, 0) is 6.54 Å². The Morgan fingerprint density at radius 3 is 2.21 bits per heavy atom. The van der Waals surface area contributed by atoms with E-state index in [0.29, 0.717) is 0 Å². The van der Waals surface area contributed by atoms with Crippen LogP contribution >= 0.6 is 11.3 Å². The second-order valence-electron chi connectivity index (χ2n) is 7.53. The summed E-state index contributed by atoms with van der Waals surface area (Å²) in [6.07, 6.45) is 0. The van der Waals surface area contributed by atoms with E-state index in [1.807, 2.05) is 0 Å². The van der Waals surface area contributed by atoms with Crippen LogP contribution in [0.15, 0.2) is 0 Å². The number of aromatic nitrogens is 1. The molecule has 1 aromatic rings. The van der Waals surface area contributed by atoms with Crippen LogP contribution in [0.1, 0.15) is 52.1 Å². The Bertz CT molecular complexity index is 410. The van der Waals surface area contributed by atoms with Gasteiger partial charge in [0, 0.05) is 30.6 Å². The first-order valence-electron chi connectivity index (χ1n) is 6.90. The van der Waals surface area contributed by atoms with Gasteiger partial charge in [0.25, 0.3) is 0 Å². The van der Waals surface area contributed by atoms with Gasteiger partial charge in [-0.2, -0.15) is 0 Å². The van der Waals surface area contributed by atoms with Crippen LogP contribution in [0.3, 0.4) is 0 Å². The van der Waals surface area contributed by atoms with Crippen molar-refractivity contribution in [2.45, 2.75) is 60.5 Å². The topological polar surface area (TPSA) is 28.2 Å². The van der Waals surface area contributed by atoms with Crippen LogP contribution in [0.5, 0.6) is 0 Å². The summed E-state index contributed by atoms with van der Waals surface area (Å²) in [7, 11) is 2.13. The molecule has 0 aliphatic carbocycles. The SMILES string of the molecule is Cc1nc(N(C)CC(C)(C)C)sc1CNC(C)(C)C. The van der Waals surface area contributed by atoms with Gasteiger partial charge in [-0.1, -0.05) is 20.8 Å². The summed E-state index contributed by atoms with van der Waals surface area (Å²) in [6.45, 7) is 17.4. The first-order chi connectivity index (χ1) is 8.48. The van der Waals surface area contributed by atoms with Crippen molar-refractivity contribution in [3.05, 3.63) is 10.6 Å². The maximum Gasteiger partial charge on any atom is 0.185 e. The summed E-state index contributed by atoms with van der Waals surface area (Å²) >= 11 is 1.80. The lowest BCUT2D eigenvalue weighted by molar-refractivity contribution is 0.418. The molecule has 1 N–H and O–H groups in total. The number of aryl methyl sites for hydroxylation is 1. The fourth-order valence-corrected chi connectivity index (χ4v) is 2.83. The standard InChI is InChI=1S/C15H29N3S/c1-11-12(9-16-15(5,6)7)19-13(17-11)18(8)10-14(2,3)4/h16H,9-10H2,1-8H3. The van der Waals surface area contributed by atoms with E-state index in [0.717, 1.165) is 23.9 Å². The lowest BCUT2D eigenvalue weighted by Crippen LogP contribution is -2.34. The molecule has 0 bridgehead atoms. The molecule has 0 aliphatic rings. The Morgan fingerprint density at radius 1 is 1.16 bits per heavy atom. The van der Waals surface area contributed by atoms with Crippen molar-refractivity contribution in [2.24, 2.45) is 5.41 Å². The fourth-order valence-electron chi connectivity index (χ4n) is 1.86. The highest BCUT2D eigenvalue weighted by molar-refractivity contribution is 7.15. The lowest BCUT2D eigenvalue weighted by Gasteiger charge is -2.26. The molecule has 0 saturated carbocycles. The minimum Gasteiger partial charge on any atom is -0.351 e. The van der Waals surface area contributed by atoms with Gasteiger partial charge in [0.15, 0.2) is 5.13 Å². The number of nitrogens with one attached hydrogen (secondary N) is 1. The molecule has 4 heteroatoms. The molecule has 0 fully saturated rings. The normalized spacial score (nSPS) is 12.8. The molecular formula is C15H29N3S. The zero-order valence-electron chi connectivity index (χ0n) is 13.7. The number of thiazole rings is 1. The second-order valence-corrected chi connectivity index (χ2v) is 8.59. The van der Waals surface area contributed by atoms with Crippen LogP contribution < -0.4 is 10.2 Å². The molecule has 110 valence electrons. The lowest BCUT2D eigenvalue weighted by atomic mass is 9.96. The number of hydrogen-bond donors (Lipinski definition) is 1. The van der Waals surface area contributed by atoms with E-state index < -0.39 is 0 Å². The van der Waals surface area contributed by atoms with Gasteiger partial charge in [0.2, 0.25) is 0 Å². The third-order valence-corrected chi connectivity index (χ3v) is 3.97. The summed E-state index contributed by atoms with van der Waals surface area (Å²) in [6, 6.07) is 0. The smallest absolute Gasteiger partial charge is 0.185 e. The van der Waals surface area contributed by atoms with Crippen molar-refractivity contribution in [1.82, 2.24) is 10.3 Å². The Balaban J connectivity index is 2.73. The summed E-state index contributed by atoms with van der Waals surface area (Å²) in [5.41, 5.74) is 1.59. The first kappa shape index (κ1) is 16.4. The van der Waals surface area contributed by atoms with Gasteiger partial charge >= 0.3 is 0 Å². The quantitative estimate of drug-likeness (QED) is 0.910. The molecule has 19 heavy (non-hydrogen) atoms. The molecule has 0 atom stereocenters. The summed E-state index contributed by atoms with van der Waals surface area (Å²) < 4.78 is 0. The highest BCUT2D eigenvalue weighted by Crippen LogP contribution is 2.28. The average Bonchev–Trinajstić information content (AvgIpc) is 2.53. The van der Waals surface area contributed by atoms with Gasteiger partial charge in [-0.15, -0.1) is 11.3 Å². The molecular weight excluding hydrogens is 254 g/mol. The van der Waals surface area contributed by atoms with E-state index >= 15 is 0 Å². The van der Waals surface area contributed by atoms with Gasteiger partial charge in [-0.05, 0) is 33.1 Å². The van der Waals surface area contributed by atoms with E-state index in [-0.39, 0.29) is 11.0 Å². The molecule has 0 aromatic carbocycles. The van der Waals surface area contributed by atoms with Crippen LogP contribution in [0.2, 0.25) is 0 Å². The van der Waals surface area contributed by atoms with Crippen LogP contribution in [0, 0.1) is 12.3 Å². The second kappa shape index (κ2) is 5.80. The van der Waals surface area contributed by atoms with Gasteiger partial charge in [-0.3, -0.25) is 0 Å². The molecule has 0 saturated heterocycles. The zero-order chi connectivity index (χ0) is 14.8. The van der Waals surface area contributed by atoms with Crippen LogP contribution in [-0.4, -0.2) is 24.1 Å². The van der Waals surface area contributed by atoms with E-state index in [4.69, 9.17) is 4.98 Å². The van der Waals surface area contributed by atoms with Crippen LogP contribution in [0.25, 0.3) is 0 Å². The third-order valence-electron chi connectivity index (χ3n) is 2.70. The summed E-state index contributed by atoms with van der Waals surface area (Å²) in [4.78, 5) is 8.30. The Labute approximate surface area is 122 Å². The van der Waals surface area contributed by atoms with E-state index in [1.54, 1.807) is 11.3 Å². The predicted molar refractivity (Wildman–Crippen MR) is 86.2 cm³/mol. The molecule has 1 rings (SSSR count). The number of rotatable bonds is 4. The molecule has 1 heterocycles. The fraction of sp³-hybridized carbons (Fsp3) is 0.800. The molecule has 0 aliphatic heterocycles. The highest BCUT2D eigenvalue weighted by atomic mass is 32.1. The van der Waals surface area contributed by atoms with Crippen molar-refractivity contribution in [3.8, 4) is 0 Å². The molecule has 1 aromatic heterocycles. The number of hydrogen-bond acceptors (Lipinski definition) is 4. The highest BCUT2D eigenvalue weighted by Gasteiger charge is 2.18. The van der Waals surface area contributed by atoms with Gasteiger partial charge < -0.3 is 10.2 Å². The largest absolute Gasteiger partial charge is 0.351 e. The third kappa shape index (κ3) is 5.91. The van der Waals surface area contributed by atoms with Crippen molar-refractivity contribution in [3.63, 3.8) is 0 Å². The number of anilines is 1. The summed E-state index contributed by atoms with van der Waals surface area (Å²) in [5, 5.41) is 4.65. The minimum absolute atomic E-state index is 0.147. The Morgan fingerprint density at radius 2 is 1.74 bits per heavy atom. The Hall–Kier alpha value is -0.610. The predicted octanol–water partition coefficient (Wildman–Crippen LogP) is 3.82. The molecule has 3 nitrogen and oxygen atoms in total. The van der Waals surface area contributed by atoms with Crippen LogP contribution in [0.4, 0.5) is 5.13 Å². The van der Waals surface area contributed by atoms with E-state index in [9.17, 15) is 0 Å². The maximum atomic E-state index is 4.70. The summed E-state index contributed by atoms with van der Waals surface area (Å²) in [5.74, 6) is 0. The van der Waals surface area contributed by atoms with Crippen molar-refractivity contribution in [2.75, 3.05) is 18.5 Å². The van der Waals surface area contributed by atoms with Crippen molar-refractivity contribution < 1.29 is 0 Å². The number of nitrogens with zero attached hydrogens (tertiary/aromatic N) is 2. The Kier molecular flexibility index (Phi) is 5.02. The van der Waals surface area contributed by atoms with E-state index in [1.165, 1.54) is 4.88 Å². The molecule has 0 spiro atoms. The average molecular weight is 283 g/mol. The monoisotopic (exact) mass is 283 g/mol. The molecule has 0 unspecified atom stereocenters. The minimum atomic E-state index is 0.147. The van der Waals surface area contributed by atoms with E-state index in [2.05, 4.69) is 65.7 Å². The van der Waals surface area contributed by atoms with Gasteiger partial charge in [0.05, 0.1) is 5.69 Å². The van der Waals surface area contributed by atoms with Gasteiger partial charge in [0.1, 0.15) is 0 Å². The molecule has 0 radical (unpaired) electrons. The van der Waals surface area contributed by atoms with Gasteiger partial charge in [-0.25, -0.2) is 4.98 Å².